The summed E-state index contributed by atoms with van der Waals surface area (Å²) in [6, 6.07) is 9.44. The van der Waals surface area contributed by atoms with Crippen molar-refractivity contribution in [3.63, 3.8) is 0 Å². The van der Waals surface area contributed by atoms with Crippen LogP contribution in [0.3, 0.4) is 0 Å². The molecule has 5 nitrogen and oxygen atoms in total. The van der Waals surface area contributed by atoms with Crippen LogP contribution >= 0.6 is 0 Å². The van der Waals surface area contributed by atoms with E-state index in [2.05, 4.69) is 15.0 Å². The van der Waals surface area contributed by atoms with Crippen LogP contribution in [0, 0.1) is 5.41 Å². The average molecular weight is 384 g/mol. The summed E-state index contributed by atoms with van der Waals surface area (Å²) in [6.45, 7) is -2.86. The molecule has 7 heteroatoms. The highest BCUT2D eigenvalue weighted by Crippen LogP contribution is 2.53. The molecule has 2 aliphatic rings. The number of halogens is 2. The number of hydrogen-bond acceptors (Lipinski definition) is 4. The van der Waals surface area contributed by atoms with E-state index in [0.29, 0.717) is 17.1 Å². The number of pyridine rings is 2. The van der Waals surface area contributed by atoms with E-state index in [-0.39, 0.29) is 5.75 Å². The van der Waals surface area contributed by atoms with Crippen LogP contribution in [0.1, 0.15) is 38.5 Å². The van der Waals surface area contributed by atoms with E-state index in [4.69, 9.17) is 4.98 Å². The fraction of sp³-hybridized carbons (Fsp3) is 0.429. The molecule has 0 aromatic carbocycles. The number of hydrogen-bond donors (Lipinski definition) is 1. The second-order valence-corrected chi connectivity index (χ2v) is 7.96. The van der Waals surface area contributed by atoms with Crippen LogP contribution in [0.5, 0.6) is 5.75 Å². The Morgan fingerprint density at radius 3 is 2.82 bits per heavy atom. The molecule has 28 heavy (non-hydrogen) atoms. The molecule has 2 fully saturated rings. The molecule has 1 spiro atoms. The number of imidazole rings is 1. The first kappa shape index (κ1) is 17.4. The van der Waals surface area contributed by atoms with Crippen LogP contribution in [0.25, 0.3) is 17.0 Å². The third-order valence-corrected chi connectivity index (χ3v) is 6.18. The van der Waals surface area contributed by atoms with Gasteiger partial charge in [0.1, 0.15) is 17.2 Å². The number of ether oxygens (including phenoxy) is 1. The Balaban J connectivity index is 1.40. The summed E-state index contributed by atoms with van der Waals surface area (Å²) in [5, 5.41) is 3.59. The van der Waals surface area contributed by atoms with Crippen molar-refractivity contribution in [3.05, 3.63) is 42.7 Å². The number of rotatable bonds is 5. The largest absolute Gasteiger partial charge is 0.433 e. The van der Waals surface area contributed by atoms with Gasteiger partial charge in [0.05, 0.1) is 23.8 Å². The van der Waals surface area contributed by atoms with Gasteiger partial charge < -0.3 is 10.1 Å². The Kier molecular flexibility index (Phi) is 4.18. The van der Waals surface area contributed by atoms with Gasteiger partial charge in [-0.25, -0.2) is 9.97 Å². The SMILES string of the molecule is FC(F)Oc1ccc2ncc(-c3cccc(NC4CCC5(CCC5)C4)n3)n2c1. The predicted octanol–water partition coefficient (Wildman–Crippen LogP) is 5.13. The first-order valence-electron chi connectivity index (χ1n) is 9.76. The van der Waals surface area contributed by atoms with Crippen LogP contribution in [0.2, 0.25) is 0 Å². The first-order valence-corrected chi connectivity index (χ1v) is 9.76. The maximum absolute atomic E-state index is 12.5. The van der Waals surface area contributed by atoms with Gasteiger partial charge in [-0.1, -0.05) is 12.5 Å². The van der Waals surface area contributed by atoms with Crippen molar-refractivity contribution in [1.82, 2.24) is 14.4 Å². The van der Waals surface area contributed by atoms with Crippen molar-refractivity contribution in [2.75, 3.05) is 5.32 Å². The van der Waals surface area contributed by atoms with Crippen molar-refractivity contribution in [2.24, 2.45) is 5.41 Å². The van der Waals surface area contributed by atoms with Gasteiger partial charge in [-0.2, -0.15) is 8.78 Å². The molecule has 1 N–H and O–H groups in total. The number of nitrogens with one attached hydrogen (secondary N) is 1. The molecule has 5 rings (SSSR count). The molecule has 3 aromatic heterocycles. The van der Waals surface area contributed by atoms with E-state index < -0.39 is 6.61 Å². The third kappa shape index (κ3) is 3.19. The maximum Gasteiger partial charge on any atom is 0.387 e. The van der Waals surface area contributed by atoms with Gasteiger partial charge in [-0.3, -0.25) is 4.40 Å². The second kappa shape index (κ2) is 6.72. The quantitative estimate of drug-likeness (QED) is 0.662. The number of alkyl halides is 2. The maximum atomic E-state index is 12.5. The molecule has 1 atom stereocenters. The van der Waals surface area contributed by atoms with E-state index in [1.54, 1.807) is 16.7 Å². The van der Waals surface area contributed by atoms with Crippen LogP contribution in [-0.2, 0) is 0 Å². The molecule has 2 saturated carbocycles. The normalized spacial score (nSPS) is 20.6. The molecule has 0 radical (unpaired) electrons. The molecule has 3 heterocycles. The summed E-state index contributed by atoms with van der Waals surface area (Å²) in [4.78, 5) is 9.10. The zero-order valence-corrected chi connectivity index (χ0v) is 15.4. The molecule has 1 unspecified atom stereocenters. The highest BCUT2D eigenvalue weighted by molar-refractivity contribution is 5.62. The van der Waals surface area contributed by atoms with Crippen LogP contribution in [0.15, 0.2) is 42.7 Å². The Bertz CT molecular complexity index is 999. The Labute approximate surface area is 161 Å². The van der Waals surface area contributed by atoms with Gasteiger partial charge in [0, 0.05) is 6.04 Å². The molecular weight excluding hydrogens is 362 g/mol. The van der Waals surface area contributed by atoms with Gasteiger partial charge in [0.25, 0.3) is 0 Å². The summed E-state index contributed by atoms with van der Waals surface area (Å²) in [7, 11) is 0. The van der Waals surface area contributed by atoms with E-state index >= 15 is 0 Å². The van der Waals surface area contributed by atoms with Crippen molar-refractivity contribution in [3.8, 4) is 17.1 Å². The summed E-state index contributed by atoms with van der Waals surface area (Å²) in [6.07, 6.45) is 11.0. The molecular formula is C21H22F2N4O. The number of nitrogens with zero attached hydrogens (tertiary/aromatic N) is 3. The molecule has 2 aliphatic carbocycles. The van der Waals surface area contributed by atoms with Crippen LogP contribution in [-0.4, -0.2) is 27.0 Å². The second-order valence-electron chi connectivity index (χ2n) is 7.96. The molecule has 3 aromatic rings. The van der Waals surface area contributed by atoms with Gasteiger partial charge in [0.15, 0.2) is 0 Å². The van der Waals surface area contributed by atoms with Crippen molar-refractivity contribution < 1.29 is 13.5 Å². The van der Waals surface area contributed by atoms with Crippen molar-refractivity contribution in [2.45, 2.75) is 51.2 Å². The minimum absolute atomic E-state index is 0.0905. The molecule has 0 saturated heterocycles. The van der Waals surface area contributed by atoms with Crippen molar-refractivity contribution in [1.29, 1.82) is 0 Å². The summed E-state index contributed by atoms with van der Waals surface area (Å²) >= 11 is 0. The zero-order valence-electron chi connectivity index (χ0n) is 15.4. The highest BCUT2D eigenvalue weighted by Gasteiger charge is 2.43. The fourth-order valence-corrected chi connectivity index (χ4v) is 4.65. The minimum atomic E-state index is -2.86. The molecule has 146 valence electrons. The number of anilines is 1. The third-order valence-electron chi connectivity index (χ3n) is 6.18. The topological polar surface area (TPSA) is 51.5 Å². The highest BCUT2D eigenvalue weighted by atomic mass is 19.3. The van der Waals surface area contributed by atoms with Gasteiger partial charge in [0.2, 0.25) is 0 Å². The van der Waals surface area contributed by atoms with Gasteiger partial charge in [-0.15, -0.1) is 0 Å². The standard InChI is InChI=1S/C21H22F2N4O/c22-20(23)28-15-5-6-19-24-12-17(27(19)13-15)16-3-1-4-18(26-16)25-14-7-10-21(11-14)8-2-9-21/h1,3-6,12-14,20H,2,7-11H2,(H,25,26). The molecule has 0 aliphatic heterocycles. The van der Waals surface area contributed by atoms with Gasteiger partial charge >= 0.3 is 6.61 Å². The van der Waals surface area contributed by atoms with Gasteiger partial charge in [-0.05, 0) is 61.8 Å². The van der Waals surface area contributed by atoms with E-state index in [9.17, 15) is 8.78 Å². The lowest BCUT2D eigenvalue weighted by Crippen LogP contribution is -2.28. The average Bonchev–Trinajstić information content (AvgIpc) is 3.25. The summed E-state index contributed by atoms with van der Waals surface area (Å²) in [5.74, 6) is 0.932. The Hall–Kier alpha value is -2.70. The Morgan fingerprint density at radius 2 is 2.07 bits per heavy atom. The fourth-order valence-electron chi connectivity index (χ4n) is 4.65. The summed E-state index contributed by atoms with van der Waals surface area (Å²) in [5.41, 5.74) is 2.71. The van der Waals surface area contributed by atoms with Crippen LogP contribution in [0.4, 0.5) is 14.6 Å². The van der Waals surface area contributed by atoms with E-state index in [1.165, 1.54) is 50.8 Å². The smallest absolute Gasteiger partial charge is 0.387 e. The Morgan fingerprint density at radius 1 is 1.18 bits per heavy atom. The molecule has 0 bridgehead atoms. The lowest BCUT2D eigenvalue weighted by atomic mass is 9.67. The summed E-state index contributed by atoms with van der Waals surface area (Å²) < 4.78 is 31.3. The predicted molar refractivity (Wildman–Crippen MR) is 103 cm³/mol. The molecule has 0 amide bonds. The number of fused-ring (bicyclic) bond motifs is 1. The van der Waals surface area contributed by atoms with Crippen LogP contribution < -0.4 is 10.1 Å². The van der Waals surface area contributed by atoms with E-state index in [0.717, 1.165) is 17.2 Å². The van der Waals surface area contributed by atoms with Crippen molar-refractivity contribution >= 4 is 11.5 Å². The lowest BCUT2D eigenvalue weighted by molar-refractivity contribution is -0.0501. The zero-order chi connectivity index (χ0) is 19.1. The lowest BCUT2D eigenvalue weighted by Gasteiger charge is -2.38. The minimum Gasteiger partial charge on any atom is -0.433 e. The van der Waals surface area contributed by atoms with E-state index in [1.807, 2.05) is 18.2 Å². The number of aromatic nitrogens is 3. The monoisotopic (exact) mass is 384 g/mol. The first-order chi connectivity index (χ1) is 13.6.